The van der Waals surface area contributed by atoms with Gasteiger partial charge in [-0.05, 0) is 37.9 Å². The summed E-state index contributed by atoms with van der Waals surface area (Å²) in [5.41, 5.74) is 7.07. The summed E-state index contributed by atoms with van der Waals surface area (Å²) in [5, 5.41) is 2.87. The molecule has 1 saturated carbocycles. The molecule has 0 aromatic heterocycles. The maximum Gasteiger partial charge on any atom is 0.225 e. The maximum absolute atomic E-state index is 12.0. The van der Waals surface area contributed by atoms with E-state index in [0.29, 0.717) is 29.6 Å². The summed E-state index contributed by atoms with van der Waals surface area (Å²) in [7, 11) is 1.59. The lowest BCUT2D eigenvalue weighted by molar-refractivity contribution is -0.116. The van der Waals surface area contributed by atoms with Gasteiger partial charge in [-0.2, -0.15) is 0 Å². The maximum atomic E-state index is 12.0. The van der Waals surface area contributed by atoms with Crippen LogP contribution in [0.2, 0.25) is 0 Å². The van der Waals surface area contributed by atoms with Crippen LogP contribution in [0.4, 0.5) is 11.4 Å². The van der Waals surface area contributed by atoms with E-state index < -0.39 is 0 Å². The Bertz CT molecular complexity index is 486. The molecule has 1 amide bonds. The summed E-state index contributed by atoms with van der Waals surface area (Å²) in [4.78, 5) is 14.5. The number of carbonyl (C=O) groups is 1. The van der Waals surface area contributed by atoms with Crippen LogP contribution in [0.15, 0.2) is 18.2 Å². The van der Waals surface area contributed by atoms with Gasteiger partial charge in [0, 0.05) is 25.1 Å². The van der Waals surface area contributed by atoms with Crippen molar-refractivity contribution >= 4 is 17.3 Å². The third-order valence-electron chi connectivity index (χ3n) is 3.73. The lowest BCUT2D eigenvalue weighted by Gasteiger charge is -2.20. The Morgan fingerprint density at radius 1 is 1.43 bits per heavy atom. The first kappa shape index (κ1) is 15.6. The highest BCUT2D eigenvalue weighted by Gasteiger charge is 2.28. The number of amides is 1. The standard InChI is InChI=1S/C16H25N3O2/c1-3-9-19(12-4-5-12)10-8-16(20)18-15-7-6-13(21-2)11-14(15)17/h6-7,11-12H,3-5,8-10,17H2,1-2H3,(H,18,20). The SMILES string of the molecule is CCCN(CCC(=O)Nc1ccc(OC)cc1N)C1CC1. The Morgan fingerprint density at radius 3 is 2.76 bits per heavy atom. The molecule has 0 unspecified atom stereocenters. The third-order valence-corrected chi connectivity index (χ3v) is 3.73. The van der Waals surface area contributed by atoms with Gasteiger partial charge in [0.25, 0.3) is 0 Å². The predicted molar refractivity (Wildman–Crippen MR) is 85.5 cm³/mol. The number of nitrogen functional groups attached to an aromatic ring is 1. The van der Waals surface area contributed by atoms with Crippen LogP contribution < -0.4 is 15.8 Å². The highest BCUT2D eigenvalue weighted by atomic mass is 16.5. The first-order valence-electron chi connectivity index (χ1n) is 7.61. The highest BCUT2D eigenvalue weighted by molar-refractivity contribution is 5.94. The highest BCUT2D eigenvalue weighted by Crippen LogP contribution is 2.27. The Labute approximate surface area is 126 Å². The van der Waals surface area contributed by atoms with Crippen molar-refractivity contribution in [1.29, 1.82) is 0 Å². The minimum atomic E-state index is 0.00798. The first-order valence-corrected chi connectivity index (χ1v) is 7.61. The molecule has 1 aliphatic rings. The van der Waals surface area contributed by atoms with E-state index in [4.69, 9.17) is 10.5 Å². The van der Waals surface area contributed by atoms with E-state index in [2.05, 4.69) is 17.1 Å². The molecule has 5 nitrogen and oxygen atoms in total. The van der Waals surface area contributed by atoms with Crippen molar-refractivity contribution in [3.05, 3.63) is 18.2 Å². The Balaban J connectivity index is 1.83. The van der Waals surface area contributed by atoms with E-state index in [1.807, 2.05) is 0 Å². The molecule has 1 aromatic carbocycles. The second-order valence-electron chi connectivity index (χ2n) is 5.52. The third kappa shape index (κ3) is 4.63. The van der Waals surface area contributed by atoms with Crippen LogP contribution in [0.25, 0.3) is 0 Å². The zero-order chi connectivity index (χ0) is 15.2. The number of benzene rings is 1. The molecule has 116 valence electrons. The molecule has 21 heavy (non-hydrogen) atoms. The fourth-order valence-corrected chi connectivity index (χ4v) is 2.44. The average Bonchev–Trinajstić information content (AvgIpc) is 3.30. The van der Waals surface area contributed by atoms with Crippen LogP contribution in [0.5, 0.6) is 5.75 Å². The molecule has 0 atom stereocenters. The monoisotopic (exact) mass is 291 g/mol. The molecule has 0 bridgehead atoms. The first-order chi connectivity index (χ1) is 10.1. The molecule has 2 rings (SSSR count). The number of rotatable bonds is 8. The van der Waals surface area contributed by atoms with Gasteiger partial charge >= 0.3 is 0 Å². The molecule has 1 aliphatic carbocycles. The van der Waals surface area contributed by atoms with Crippen LogP contribution >= 0.6 is 0 Å². The normalized spacial score (nSPS) is 14.2. The van der Waals surface area contributed by atoms with Gasteiger partial charge in [0.2, 0.25) is 5.91 Å². The minimum Gasteiger partial charge on any atom is -0.497 e. The van der Waals surface area contributed by atoms with Crippen LogP contribution in [0.3, 0.4) is 0 Å². The van der Waals surface area contributed by atoms with Gasteiger partial charge in [0.15, 0.2) is 0 Å². The van der Waals surface area contributed by atoms with E-state index in [1.54, 1.807) is 25.3 Å². The molecular weight excluding hydrogens is 266 g/mol. The van der Waals surface area contributed by atoms with Crippen molar-refractivity contribution in [3.63, 3.8) is 0 Å². The molecule has 0 radical (unpaired) electrons. The Hall–Kier alpha value is -1.75. The Kier molecular flexibility index (Phi) is 5.44. The van der Waals surface area contributed by atoms with Gasteiger partial charge in [-0.25, -0.2) is 0 Å². The number of anilines is 2. The molecule has 1 fully saturated rings. The van der Waals surface area contributed by atoms with E-state index >= 15 is 0 Å². The van der Waals surface area contributed by atoms with Gasteiger partial charge < -0.3 is 15.8 Å². The average molecular weight is 291 g/mol. The summed E-state index contributed by atoms with van der Waals surface area (Å²) in [6.45, 7) is 4.07. The molecule has 0 saturated heterocycles. The van der Waals surface area contributed by atoms with Crippen molar-refractivity contribution in [2.75, 3.05) is 31.2 Å². The number of nitrogens with one attached hydrogen (secondary N) is 1. The van der Waals surface area contributed by atoms with Crippen molar-refractivity contribution in [2.24, 2.45) is 0 Å². The number of nitrogens with zero attached hydrogens (tertiary/aromatic N) is 1. The van der Waals surface area contributed by atoms with Crippen molar-refractivity contribution in [3.8, 4) is 5.75 Å². The number of carbonyl (C=O) groups excluding carboxylic acids is 1. The molecule has 0 spiro atoms. The van der Waals surface area contributed by atoms with Crippen molar-refractivity contribution < 1.29 is 9.53 Å². The number of hydrogen-bond acceptors (Lipinski definition) is 4. The molecule has 0 aliphatic heterocycles. The van der Waals surface area contributed by atoms with Gasteiger partial charge in [-0.15, -0.1) is 0 Å². The molecule has 0 heterocycles. The van der Waals surface area contributed by atoms with Gasteiger partial charge in [-0.3, -0.25) is 9.69 Å². The smallest absolute Gasteiger partial charge is 0.225 e. The lowest BCUT2D eigenvalue weighted by atomic mass is 10.2. The van der Waals surface area contributed by atoms with Gasteiger partial charge in [0.1, 0.15) is 5.75 Å². The molecular formula is C16H25N3O2. The summed E-state index contributed by atoms with van der Waals surface area (Å²) in [6.07, 6.45) is 4.17. The second kappa shape index (κ2) is 7.31. The van der Waals surface area contributed by atoms with Crippen LogP contribution in [-0.2, 0) is 4.79 Å². The van der Waals surface area contributed by atoms with Crippen LogP contribution in [0.1, 0.15) is 32.6 Å². The summed E-state index contributed by atoms with van der Waals surface area (Å²) in [5.74, 6) is 0.696. The summed E-state index contributed by atoms with van der Waals surface area (Å²) >= 11 is 0. The van der Waals surface area contributed by atoms with Gasteiger partial charge in [0.05, 0.1) is 18.5 Å². The minimum absolute atomic E-state index is 0.00798. The zero-order valence-corrected chi connectivity index (χ0v) is 12.9. The van der Waals surface area contributed by atoms with E-state index in [-0.39, 0.29) is 5.91 Å². The van der Waals surface area contributed by atoms with Gasteiger partial charge in [-0.1, -0.05) is 6.92 Å². The van der Waals surface area contributed by atoms with Crippen LogP contribution in [-0.4, -0.2) is 37.0 Å². The molecule has 5 heteroatoms. The van der Waals surface area contributed by atoms with E-state index in [9.17, 15) is 4.79 Å². The fraction of sp³-hybridized carbons (Fsp3) is 0.562. The number of nitrogens with two attached hydrogens (primary N) is 1. The number of hydrogen-bond donors (Lipinski definition) is 2. The summed E-state index contributed by atoms with van der Waals surface area (Å²) in [6, 6.07) is 5.98. The largest absolute Gasteiger partial charge is 0.497 e. The van der Waals surface area contributed by atoms with Crippen molar-refractivity contribution in [2.45, 2.75) is 38.6 Å². The Morgan fingerprint density at radius 2 is 2.19 bits per heavy atom. The predicted octanol–water partition coefficient (Wildman–Crippen LogP) is 2.48. The van der Waals surface area contributed by atoms with E-state index in [1.165, 1.54) is 12.8 Å². The molecule has 3 N–H and O–H groups in total. The fourth-order valence-electron chi connectivity index (χ4n) is 2.44. The zero-order valence-electron chi connectivity index (χ0n) is 12.9. The number of methoxy groups -OCH3 is 1. The number of ether oxygens (including phenoxy) is 1. The summed E-state index contributed by atoms with van der Waals surface area (Å²) < 4.78 is 5.09. The van der Waals surface area contributed by atoms with Crippen molar-refractivity contribution in [1.82, 2.24) is 4.90 Å². The van der Waals surface area contributed by atoms with E-state index in [0.717, 1.165) is 19.5 Å². The second-order valence-corrected chi connectivity index (χ2v) is 5.52. The van der Waals surface area contributed by atoms with Crippen LogP contribution in [0, 0.1) is 0 Å². The quantitative estimate of drug-likeness (QED) is 0.722. The lowest BCUT2D eigenvalue weighted by Crippen LogP contribution is -2.30. The topological polar surface area (TPSA) is 67.6 Å². The molecule has 1 aromatic rings.